The zero-order chi connectivity index (χ0) is 24.6. The summed E-state index contributed by atoms with van der Waals surface area (Å²) in [5.74, 6) is 2.25. The molecular weight excluding hydrogens is 447 g/mol. The van der Waals surface area contributed by atoms with Gasteiger partial charge in [0.1, 0.15) is 5.82 Å². The van der Waals surface area contributed by atoms with Gasteiger partial charge < -0.3 is 15.3 Å². The molecule has 2 aromatic rings. The fourth-order valence-electron chi connectivity index (χ4n) is 7.28. The third-order valence-corrected chi connectivity index (χ3v) is 8.78. The lowest BCUT2D eigenvalue weighted by atomic mass is 9.54. The van der Waals surface area contributed by atoms with Crippen molar-refractivity contribution < 1.29 is 19.1 Å². The van der Waals surface area contributed by atoms with Gasteiger partial charge in [-0.25, -0.2) is 4.39 Å². The number of aryl methyl sites for hydroxylation is 1. The molecule has 35 heavy (non-hydrogen) atoms. The Kier molecular flexibility index (Phi) is 6.47. The average Bonchev–Trinajstić information content (AvgIpc) is 3.15. The molecule has 1 aromatic carbocycles. The molecule has 3 aliphatic rings. The number of rotatable bonds is 6. The molecule has 1 aromatic heterocycles. The van der Waals surface area contributed by atoms with Crippen molar-refractivity contribution in [2.24, 2.45) is 28.3 Å². The van der Waals surface area contributed by atoms with Gasteiger partial charge >= 0.3 is 0 Å². The number of hydrogen-bond acceptors (Lipinski definition) is 6. The first-order chi connectivity index (χ1) is 16.9. The Bertz CT molecular complexity index is 1120. The van der Waals surface area contributed by atoms with Crippen LogP contribution in [0.15, 0.2) is 35.5 Å². The number of hydrogen-bond donors (Lipinski definition) is 2. The van der Waals surface area contributed by atoms with Gasteiger partial charge in [-0.05, 0) is 97.9 Å². The van der Waals surface area contributed by atoms with E-state index in [-0.39, 0.29) is 17.1 Å². The molecule has 0 saturated heterocycles. The molecule has 0 spiro atoms. The summed E-state index contributed by atoms with van der Waals surface area (Å²) >= 11 is 0. The number of carbonyl (C=O) groups is 1. The molecule has 5 rings (SSSR count). The van der Waals surface area contributed by atoms with E-state index in [0.29, 0.717) is 41.8 Å². The maximum atomic E-state index is 13.8. The van der Waals surface area contributed by atoms with Crippen LogP contribution in [0.1, 0.15) is 68.9 Å². The number of halogens is 1. The van der Waals surface area contributed by atoms with Crippen LogP contribution in [0.25, 0.3) is 0 Å². The number of nitrogens with one attached hydrogen (secondary N) is 1. The molecule has 0 radical (unpaired) electrons. The van der Waals surface area contributed by atoms with Gasteiger partial charge in [0.15, 0.2) is 5.82 Å². The summed E-state index contributed by atoms with van der Waals surface area (Å²) in [4.78, 5) is 12.5. The molecule has 5 atom stereocenters. The number of oxime groups is 1. The van der Waals surface area contributed by atoms with E-state index in [0.717, 1.165) is 56.2 Å². The van der Waals surface area contributed by atoms with E-state index in [2.05, 4.69) is 27.6 Å². The van der Waals surface area contributed by atoms with Gasteiger partial charge in [-0.2, -0.15) is 0 Å². The van der Waals surface area contributed by atoms with Crippen molar-refractivity contribution in [3.8, 4) is 5.88 Å². The normalized spacial score (nSPS) is 30.3. The predicted octanol–water partition coefficient (Wildman–Crippen LogP) is 5.35. The van der Waals surface area contributed by atoms with Crippen LogP contribution in [0.2, 0.25) is 0 Å². The molecule has 0 bridgehead atoms. The SMILES string of the molecule is COc1ccc(NC(=O)CCC[C@@H]2C/C(=N\O)[C@@]3(C)CCC4c5ccc(F)cc5CCC4C23)nn1. The van der Waals surface area contributed by atoms with Gasteiger partial charge in [0.25, 0.3) is 0 Å². The van der Waals surface area contributed by atoms with Gasteiger partial charge in [0.2, 0.25) is 11.8 Å². The summed E-state index contributed by atoms with van der Waals surface area (Å²) in [5, 5.41) is 24.2. The first-order valence-electron chi connectivity index (χ1n) is 12.6. The summed E-state index contributed by atoms with van der Waals surface area (Å²) < 4.78 is 18.8. The average molecular weight is 481 g/mol. The second kappa shape index (κ2) is 9.55. The van der Waals surface area contributed by atoms with Crippen molar-refractivity contribution in [3.63, 3.8) is 0 Å². The molecule has 186 valence electrons. The first kappa shape index (κ1) is 23.7. The molecular formula is C27H33FN4O3. The van der Waals surface area contributed by atoms with Crippen LogP contribution in [-0.4, -0.2) is 34.1 Å². The summed E-state index contributed by atoms with van der Waals surface area (Å²) in [5.41, 5.74) is 3.25. The largest absolute Gasteiger partial charge is 0.480 e. The number of anilines is 1. The Morgan fingerprint density at radius 3 is 2.89 bits per heavy atom. The van der Waals surface area contributed by atoms with E-state index in [1.54, 1.807) is 24.3 Å². The van der Waals surface area contributed by atoms with Gasteiger partial charge in [0.05, 0.1) is 12.8 Å². The molecule has 0 aliphatic heterocycles. The Labute approximate surface area is 205 Å². The predicted molar refractivity (Wildman–Crippen MR) is 130 cm³/mol. The minimum Gasteiger partial charge on any atom is -0.480 e. The number of carbonyl (C=O) groups excluding carboxylic acids is 1. The molecule has 1 amide bonds. The topological polar surface area (TPSA) is 96.7 Å². The highest BCUT2D eigenvalue weighted by Gasteiger charge is 2.57. The number of aromatic nitrogens is 2. The Balaban J connectivity index is 1.27. The van der Waals surface area contributed by atoms with Crippen LogP contribution in [-0.2, 0) is 11.2 Å². The van der Waals surface area contributed by atoms with Crippen LogP contribution < -0.4 is 10.1 Å². The number of fused-ring (bicyclic) bond motifs is 5. The highest BCUT2D eigenvalue weighted by atomic mass is 19.1. The second-order valence-electron chi connectivity index (χ2n) is 10.5. The summed E-state index contributed by atoms with van der Waals surface area (Å²) in [7, 11) is 1.52. The fraction of sp³-hybridized carbons (Fsp3) is 0.556. The van der Waals surface area contributed by atoms with Crippen molar-refractivity contribution in [1.29, 1.82) is 0 Å². The zero-order valence-corrected chi connectivity index (χ0v) is 20.3. The van der Waals surface area contributed by atoms with Crippen LogP contribution in [0, 0.1) is 29.0 Å². The molecule has 3 aliphatic carbocycles. The summed E-state index contributed by atoms with van der Waals surface area (Å²) in [6, 6.07) is 8.62. The quantitative estimate of drug-likeness (QED) is 0.429. The number of amides is 1. The Hall–Kier alpha value is -3.03. The summed E-state index contributed by atoms with van der Waals surface area (Å²) in [6.45, 7) is 2.26. The van der Waals surface area contributed by atoms with E-state index in [1.807, 2.05) is 6.07 Å². The molecule has 8 heteroatoms. The molecule has 2 fully saturated rings. The van der Waals surface area contributed by atoms with Crippen molar-refractivity contribution in [2.45, 2.75) is 64.2 Å². The third kappa shape index (κ3) is 4.39. The summed E-state index contributed by atoms with van der Waals surface area (Å²) in [6.07, 6.45) is 6.77. The molecule has 7 nitrogen and oxygen atoms in total. The third-order valence-electron chi connectivity index (χ3n) is 8.78. The number of ether oxygens (including phenoxy) is 1. The molecule has 2 N–H and O–H groups in total. The van der Waals surface area contributed by atoms with Crippen molar-refractivity contribution in [3.05, 3.63) is 47.3 Å². The van der Waals surface area contributed by atoms with E-state index in [1.165, 1.54) is 12.7 Å². The highest BCUT2D eigenvalue weighted by Crippen LogP contribution is 2.62. The highest BCUT2D eigenvalue weighted by molar-refractivity contribution is 5.92. The lowest BCUT2D eigenvalue weighted by molar-refractivity contribution is -0.116. The van der Waals surface area contributed by atoms with E-state index in [4.69, 9.17) is 4.74 Å². The van der Waals surface area contributed by atoms with Gasteiger partial charge in [-0.3, -0.25) is 4.79 Å². The standard InChI is InChI=1S/C27H33FN4O3/c1-27-13-12-20-19-9-7-18(28)14-16(19)6-8-21(20)26(27)17(15-22(27)32-34)4-3-5-24(33)29-23-10-11-25(35-2)31-30-23/h7,9-11,14,17,20-21,26,34H,3-6,8,12-13,15H2,1-2H3,(H,29,30,33)/b32-22+/t17-,20?,21?,26?,27-/m1/s1. The number of benzene rings is 1. The van der Waals surface area contributed by atoms with Crippen molar-refractivity contribution >= 4 is 17.4 Å². The second-order valence-corrected chi connectivity index (χ2v) is 10.5. The van der Waals surface area contributed by atoms with Crippen LogP contribution in [0.3, 0.4) is 0 Å². The van der Waals surface area contributed by atoms with Gasteiger partial charge in [0, 0.05) is 17.9 Å². The van der Waals surface area contributed by atoms with Crippen LogP contribution in [0.5, 0.6) is 5.88 Å². The van der Waals surface area contributed by atoms with Gasteiger partial charge in [-0.1, -0.05) is 18.1 Å². The Morgan fingerprint density at radius 1 is 1.29 bits per heavy atom. The first-order valence-corrected chi connectivity index (χ1v) is 12.6. The van der Waals surface area contributed by atoms with Crippen molar-refractivity contribution in [1.82, 2.24) is 10.2 Å². The molecule has 2 saturated carbocycles. The monoisotopic (exact) mass is 480 g/mol. The lowest BCUT2D eigenvalue weighted by Crippen LogP contribution is -2.44. The number of methoxy groups -OCH3 is 1. The van der Waals surface area contributed by atoms with E-state index < -0.39 is 0 Å². The Morgan fingerprint density at radius 2 is 2.14 bits per heavy atom. The van der Waals surface area contributed by atoms with E-state index in [9.17, 15) is 14.4 Å². The maximum Gasteiger partial charge on any atom is 0.233 e. The van der Waals surface area contributed by atoms with Crippen LogP contribution in [0.4, 0.5) is 10.2 Å². The molecule has 1 heterocycles. The zero-order valence-electron chi connectivity index (χ0n) is 20.3. The van der Waals surface area contributed by atoms with Crippen LogP contribution >= 0.6 is 0 Å². The fourth-order valence-corrected chi connectivity index (χ4v) is 7.28. The van der Waals surface area contributed by atoms with Gasteiger partial charge in [-0.15, -0.1) is 10.2 Å². The maximum absolute atomic E-state index is 13.8. The minimum absolute atomic E-state index is 0.0867. The smallest absolute Gasteiger partial charge is 0.233 e. The minimum atomic E-state index is -0.157. The number of nitrogens with zero attached hydrogens (tertiary/aromatic N) is 3. The molecule has 3 unspecified atom stereocenters. The lowest BCUT2D eigenvalue weighted by Gasteiger charge is -2.50. The van der Waals surface area contributed by atoms with Crippen molar-refractivity contribution in [2.75, 3.05) is 12.4 Å². The van der Waals surface area contributed by atoms with E-state index >= 15 is 0 Å².